The van der Waals surface area contributed by atoms with Crippen molar-refractivity contribution in [2.24, 2.45) is 0 Å². The van der Waals surface area contributed by atoms with Crippen LogP contribution in [0.4, 0.5) is 5.69 Å². The fourth-order valence-electron chi connectivity index (χ4n) is 2.31. The van der Waals surface area contributed by atoms with Gasteiger partial charge in [0.2, 0.25) is 0 Å². The highest BCUT2D eigenvalue weighted by atomic mass is 16.5. The summed E-state index contributed by atoms with van der Waals surface area (Å²) in [5.74, 6) is 0. The minimum Gasteiger partial charge on any atom is -0.374 e. The van der Waals surface area contributed by atoms with Crippen molar-refractivity contribution in [3.8, 4) is 0 Å². The summed E-state index contributed by atoms with van der Waals surface area (Å²) in [6.07, 6.45) is 1.99. The summed E-state index contributed by atoms with van der Waals surface area (Å²) < 4.78 is 5.72. The van der Waals surface area contributed by atoms with E-state index in [9.17, 15) is 0 Å². The van der Waals surface area contributed by atoms with Crippen molar-refractivity contribution in [2.75, 3.05) is 38.2 Å². The average Bonchev–Trinajstić information content (AvgIpc) is 2.87. The molecule has 0 spiro atoms. The highest BCUT2D eigenvalue weighted by Gasteiger charge is 2.15. The number of likely N-dealkylation sites (N-methyl/N-ethyl adjacent to an activating group) is 1. The molecule has 0 amide bonds. The molecular formula is C13H18N4O. The smallest absolute Gasteiger partial charge is 0.0931 e. The molecule has 1 aliphatic heterocycles. The molecule has 1 fully saturated rings. The summed E-state index contributed by atoms with van der Waals surface area (Å²) in [4.78, 5) is 9.58. The van der Waals surface area contributed by atoms with E-state index < -0.39 is 0 Å². The minimum atomic E-state index is 0.265. The summed E-state index contributed by atoms with van der Waals surface area (Å²) in [6.45, 7) is 3.59. The summed E-state index contributed by atoms with van der Waals surface area (Å²) >= 11 is 0. The number of aromatic amines is 1. The van der Waals surface area contributed by atoms with Gasteiger partial charge in [0.25, 0.3) is 0 Å². The van der Waals surface area contributed by atoms with Gasteiger partial charge in [-0.3, -0.25) is 0 Å². The molecule has 1 aromatic carbocycles. The molecule has 96 valence electrons. The van der Waals surface area contributed by atoms with E-state index >= 15 is 0 Å². The number of benzene rings is 1. The zero-order valence-corrected chi connectivity index (χ0v) is 10.5. The quantitative estimate of drug-likeness (QED) is 0.848. The van der Waals surface area contributed by atoms with Gasteiger partial charge in [0, 0.05) is 32.4 Å². The Morgan fingerprint density at radius 2 is 2.44 bits per heavy atom. The molecule has 18 heavy (non-hydrogen) atoms. The third kappa shape index (κ3) is 2.32. The van der Waals surface area contributed by atoms with Crippen LogP contribution in [0, 0.1) is 0 Å². The van der Waals surface area contributed by atoms with E-state index in [0.717, 1.165) is 37.3 Å². The van der Waals surface area contributed by atoms with Crippen molar-refractivity contribution < 1.29 is 4.74 Å². The van der Waals surface area contributed by atoms with Crippen molar-refractivity contribution >= 4 is 16.7 Å². The van der Waals surface area contributed by atoms with Crippen molar-refractivity contribution in [1.29, 1.82) is 0 Å². The molecular weight excluding hydrogens is 228 g/mol. The number of rotatable bonds is 3. The van der Waals surface area contributed by atoms with Gasteiger partial charge in [0.1, 0.15) is 0 Å². The lowest BCUT2D eigenvalue weighted by molar-refractivity contribution is 0.0340. The third-order valence-electron chi connectivity index (χ3n) is 3.33. The van der Waals surface area contributed by atoms with Gasteiger partial charge in [-0.05, 0) is 18.2 Å². The molecule has 1 aliphatic rings. The number of aromatic nitrogens is 2. The number of ether oxygens (including phenoxy) is 1. The normalized spacial score (nSPS) is 20.2. The van der Waals surface area contributed by atoms with Crippen LogP contribution in [0.1, 0.15) is 0 Å². The van der Waals surface area contributed by atoms with Crippen molar-refractivity contribution in [1.82, 2.24) is 15.3 Å². The molecule has 0 saturated carbocycles. The first-order valence-electron chi connectivity index (χ1n) is 6.29. The molecule has 0 bridgehead atoms. The highest BCUT2D eigenvalue weighted by Crippen LogP contribution is 2.19. The average molecular weight is 246 g/mol. The largest absolute Gasteiger partial charge is 0.374 e. The van der Waals surface area contributed by atoms with Crippen LogP contribution in [0.3, 0.4) is 0 Å². The number of imidazole rings is 1. The second kappa shape index (κ2) is 4.96. The number of nitrogens with one attached hydrogen (secondary N) is 2. The summed E-state index contributed by atoms with van der Waals surface area (Å²) in [6, 6.07) is 6.26. The SMILES string of the molecule is CN(CC1CNCCO1)c1ccc2nc[nH]c2c1. The Hall–Kier alpha value is -1.59. The van der Waals surface area contributed by atoms with E-state index in [1.807, 2.05) is 6.07 Å². The Morgan fingerprint density at radius 3 is 3.28 bits per heavy atom. The van der Waals surface area contributed by atoms with Crippen LogP contribution in [-0.2, 0) is 4.74 Å². The molecule has 2 heterocycles. The van der Waals surface area contributed by atoms with Gasteiger partial charge in [0.15, 0.2) is 0 Å². The minimum absolute atomic E-state index is 0.265. The van der Waals surface area contributed by atoms with Gasteiger partial charge in [-0.1, -0.05) is 0 Å². The second-order valence-corrected chi connectivity index (χ2v) is 4.68. The zero-order valence-electron chi connectivity index (χ0n) is 10.5. The van der Waals surface area contributed by atoms with E-state index in [2.05, 4.69) is 39.4 Å². The third-order valence-corrected chi connectivity index (χ3v) is 3.33. The van der Waals surface area contributed by atoms with Crippen molar-refractivity contribution in [3.63, 3.8) is 0 Å². The number of nitrogens with zero attached hydrogens (tertiary/aromatic N) is 2. The lowest BCUT2D eigenvalue weighted by Gasteiger charge is -2.29. The monoisotopic (exact) mass is 246 g/mol. The fourth-order valence-corrected chi connectivity index (χ4v) is 2.31. The van der Waals surface area contributed by atoms with Gasteiger partial charge in [0.05, 0.1) is 30.1 Å². The van der Waals surface area contributed by atoms with E-state index in [1.165, 1.54) is 5.69 Å². The molecule has 2 N–H and O–H groups in total. The van der Waals surface area contributed by atoms with Gasteiger partial charge >= 0.3 is 0 Å². The topological polar surface area (TPSA) is 53.2 Å². The van der Waals surface area contributed by atoms with Crippen LogP contribution in [-0.4, -0.2) is 49.4 Å². The number of hydrogen-bond acceptors (Lipinski definition) is 4. The molecule has 0 radical (unpaired) electrons. The predicted molar refractivity (Wildman–Crippen MR) is 72.0 cm³/mol. The molecule has 1 atom stereocenters. The Morgan fingerprint density at radius 1 is 1.50 bits per heavy atom. The first kappa shape index (κ1) is 11.5. The Kier molecular flexibility index (Phi) is 3.17. The Labute approximate surface area is 106 Å². The Balaban J connectivity index is 1.72. The van der Waals surface area contributed by atoms with Crippen molar-refractivity contribution in [3.05, 3.63) is 24.5 Å². The maximum Gasteiger partial charge on any atom is 0.0931 e. The molecule has 0 aliphatic carbocycles. The number of anilines is 1. The molecule has 1 aromatic heterocycles. The van der Waals surface area contributed by atoms with Crippen LogP contribution in [0.15, 0.2) is 24.5 Å². The second-order valence-electron chi connectivity index (χ2n) is 4.68. The number of hydrogen-bond donors (Lipinski definition) is 2. The molecule has 3 rings (SSSR count). The standard InChI is InChI=1S/C13H18N4O/c1-17(8-11-7-14-4-5-18-11)10-2-3-12-13(6-10)16-9-15-12/h2-3,6,9,11,14H,4-5,7-8H2,1H3,(H,15,16). The number of H-pyrrole nitrogens is 1. The summed E-state index contributed by atoms with van der Waals surface area (Å²) in [5, 5.41) is 3.35. The van der Waals surface area contributed by atoms with Crippen LogP contribution in [0.25, 0.3) is 11.0 Å². The maximum absolute atomic E-state index is 5.72. The van der Waals surface area contributed by atoms with E-state index in [1.54, 1.807) is 6.33 Å². The van der Waals surface area contributed by atoms with Crippen LogP contribution in [0.5, 0.6) is 0 Å². The molecule has 5 heteroatoms. The van der Waals surface area contributed by atoms with Crippen LogP contribution >= 0.6 is 0 Å². The predicted octanol–water partition coefficient (Wildman–Crippen LogP) is 0.987. The first-order valence-corrected chi connectivity index (χ1v) is 6.29. The first-order chi connectivity index (χ1) is 8.83. The van der Waals surface area contributed by atoms with E-state index in [-0.39, 0.29) is 6.10 Å². The van der Waals surface area contributed by atoms with E-state index in [0.29, 0.717) is 0 Å². The molecule has 1 saturated heterocycles. The van der Waals surface area contributed by atoms with Gasteiger partial charge in [-0.2, -0.15) is 0 Å². The summed E-state index contributed by atoms with van der Waals surface area (Å²) in [7, 11) is 2.09. The summed E-state index contributed by atoms with van der Waals surface area (Å²) in [5.41, 5.74) is 3.26. The zero-order chi connectivity index (χ0) is 12.4. The lowest BCUT2D eigenvalue weighted by atomic mass is 10.2. The van der Waals surface area contributed by atoms with Crippen molar-refractivity contribution in [2.45, 2.75) is 6.10 Å². The maximum atomic E-state index is 5.72. The molecule has 5 nitrogen and oxygen atoms in total. The lowest BCUT2D eigenvalue weighted by Crippen LogP contribution is -2.44. The van der Waals surface area contributed by atoms with Gasteiger partial charge in [-0.15, -0.1) is 0 Å². The molecule has 1 unspecified atom stereocenters. The number of morpholine rings is 1. The highest BCUT2D eigenvalue weighted by molar-refractivity contribution is 5.78. The fraction of sp³-hybridized carbons (Fsp3) is 0.462. The van der Waals surface area contributed by atoms with Crippen LogP contribution in [0.2, 0.25) is 0 Å². The number of fused-ring (bicyclic) bond motifs is 1. The van der Waals surface area contributed by atoms with Gasteiger partial charge < -0.3 is 19.9 Å². The Bertz CT molecular complexity index is 518. The van der Waals surface area contributed by atoms with Crippen LogP contribution < -0.4 is 10.2 Å². The van der Waals surface area contributed by atoms with E-state index in [4.69, 9.17) is 4.74 Å². The molecule has 2 aromatic rings. The van der Waals surface area contributed by atoms with Gasteiger partial charge in [-0.25, -0.2) is 4.98 Å².